The van der Waals surface area contributed by atoms with E-state index in [0.717, 1.165) is 6.42 Å². The first kappa shape index (κ1) is 18.1. The maximum atomic E-state index is 12.1. The molecule has 0 spiro atoms. The summed E-state index contributed by atoms with van der Waals surface area (Å²) in [6, 6.07) is 0. The predicted octanol–water partition coefficient (Wildman–Crippen LogP) is 0.321. The molecule has 1 heterocycles. The molecule has 7 nitrogen and oxygen atoms in total. The zero-order chi connectivity index (χ0) is 16.4. The molecular weight excluding hydrogens is 288 g/mol. The molecule has 1 unspecified atom stereocenters. The number of amides is 2. The number of nitrogens with one attached hydrogen (secondary N) is 2. The number of Topliss-reactive ketones (excluding diaryl/α,β-unsaturated/α-hetero) is 1. The lowest BCUT2D eigenvalue weighted by molar-refractivity contribution is -0.152. The van der Waals surface area contributed by atoms with Gasteiger partial charge in [0.05, 0.1) is 13.2 Å². The van der Waals surface area contributed by atoms with Crippen molar-refractivity contribution in [3.05, 3.63) is 0 Å². The Morgan fingerprint density at radius 3 is 2.59 bits per heavy atom. The highest BCUT2D eigenvalue weighted by atomic mass is 16.5. The predicted molar refractivity (Wildman–Crippen MR) is 78.9 cm³/mol. The standard InChI is InChI=1S/C15H24N2O5/c1-2-22-15(21)11-6-4-3-5-7-13(19)17-10-14(20)16-9-8-12(11)18/h11H,2-10H2,1H3,(H,16,20)(H,17,19). The third kappa shape index (κ3) is 6.69. The van der Waals surface area contributed by atoms with E-state index in [-0.39, 0.29) is 43.7 Å². The van der Waals surface area contributed by atoms with Crippen LogP contribution in [0.25, 0.3) is 0 Å². The number of esters is 1. The Morgan fingerprint density at radius 2 is 1.86 bits per heavy atom. The van der Waals surface area contributed by atoms with E-state index in [0.29, 0.717) is 25.7 Å². The van der Waals surface area contributed by atoms with Crippen molar-refractivity contribution < 1.29 is 23.9 Å². The van der Waals surface area contributed by atoms with Gasteiger partial charge < -0.3 is 15.4 Å². The van der Waals surface area contributed by atoms with Crippen molar-refractivity contribution >= 4 is 23.6 Å². The Bertz CT molecular complexity index is 422. The monoisotopic (exact) mass is 312 g/mol. The summed E-state index contributed by atoms with van der Waals surface area (Å²) in [6.07, 6.45) is 2.95. The minimum atomic E-state index is -0.770. The smallest absolute Gasteiger partial charge is 0.316 e. The van der Waals surface area contributed by atoms with Gasteiger partial charge in [-0.2, -0.15) is 0 Å². The lowest BCUT2D eigenvalue weighted by atomic mass is 9.94. The molecule has 0 aliphatic carbocycles. The summed E-state index contributed by atoms with van der Waals surface area (Å²) in [7, 11) is 0. The molecule has 2 amide bonds. The van der Waals surface area contributed by atoms with Crippen LogP contribution in [0, 0.1) is 5.92 Å². The molecular formula is C15H24N2O5. The third-order valence-corrected chi connectivity index (χ3v) is 3.50. The van der Waals surface area contributed by atoms with Crippen LogP contribution in [0.5, 0.6) is 0 Å². The van der Waals surface area contributed by atoms with E-state index in [4.69, 9.17) is 4.74 Å². The molecule has 7 heteroatoms. The summed E-state index contributed by atoms with van der Waals surface area (Å²) in [4.78, 5) is 47.0. The van der Waals surface area contributed by atoms with Gasteiger partial charge >= 0.3 is 5.97 Å². The average molecular weight is 312 g/mol. The van der Waals surface area contributed by atoms with Crippen LogP contribution in [0.2, 0.25) is 0 Å². The van der Waals surface area contributed by atoms with Gasteiger partial charge in [0.1, 0.15) is 11.7 Å². The number of hydrogen-bond donors (Lipinski definition) is 2. The van der Waals surface area contributed by atoms with Gasteiger partial charge in [0.25, 0.3) is 0 Å². The van der Waals surface area contributed by atoms with E-state index < -0.39 is 11.9 Å². The van der Waals surface area contributed by atoms with Crippen LogP contribution in [-0.4, -0.2) is 43.3 Å². The summed E-state index contributed by atoms with van der Waals surface area (Å²) in [5.74, 6) is -1.98. The topological polar surface area (TPSA) is 102 Å². The van der Waals surface area contributed by atoms with Crippen molar-refractivity contribution in [1.29, 1.82) is 0 Å². The van der Waals surface area contributed by atoms with Crippen molar-refractivity contribution in [3.8, 4) is 0 Å². The minimum absolute atomic E-state index is 0.0865. The second-order valence-electron chi connectivity index (χ2n) is 5.25. The van der Waals surface area contributed by atoms with Crippen LogP contribution in [0.15, 0.2) is 0 Å². The van der Waals surface area contributed by atoms with Crippen molar-refractivity contribution in [3.63, 3.8) is 0 Å². The Morgan fingerprint density at radius 1 is 1.09 bits per heavy atom. The molecule has 1 rings (SSSR count). The second kappa shape index (κ2) is 9.92. The van der Waals surface area contributed by atoms with Crippen molar-refractivity contribution in [1.82, 2.24) is 10.6 Å². The number of carbonyl (C=O) groups excluding carboxylic acids is 4. The molecule has 1 atom stereocenters. The first-order valence-corrected chi connectivity index (χ1v) is 7.77. The average Bonchev–Trinajstić information content (AvgIpc) is 2.48. The maximum absolute atomic E-state index is 12.1. The summed E-state index contributed by atoms with van der Waals surface area (Å²) in [5.41, 5.74) is 0. The zero-order valence-electron chi connectivity index (χ0n) is 13.0. The van der Waals surface area contributed by atoms with Gasteiger partial charge in [-0.25, -0.2) is 0 Å². The molecule has 1 fully saturated rings. The zero-order valence-corrected chi connectivity index (χ0v) is 13.0. The molecule has 0 radical (unpaired) electrons. The van der Waals surface area contributed by atoms with Crippen molar-refractivity contribution in [2.24, 2.45) is 5.92 Å². The Kier molecular flexibility index (Phi) is 8.17. The Labute approximate surface area is 130 Å². The molecule has 2 N–H and O–H groups in total. The van der Waals surface area contributed by atoms with E-state index in [1.54, 1.807) is 6.92 Å². The fourth-order valence-corrected chi connectivity index (χ4v) is 2.29. The first-order valence-electron chi connectivity index (χ1n) is 7.77. The van der Waals surface area contributed by atoms with Gasteiger partial charge in [0, 0.05) is 19.4 Å². The SMILES string of the molecule is CCOC(=O)C1CCCCCC(=O)NCC(=O)NCCC1=O. The largest absolute Gasteiger partial charge is 0.465 e. The van der Waals surface area contributed by atoms with Crippen molar-refractivity contribution in [2.45, 2.75) is 45.4 Å². The molecule has 124 valence electrons. The molecule has 0 aromatic heterocycles. The number of ether oxygens (including phenoxy) is 1. The minimum Gasteiger partial charge on any atom is -0.465 e. The first-order chi connectivity index (χ1) is 10.5. The van der Waals surface area contributed by atoms with E-state index in [1.807, 2.05) is 0 Å². The number of rotatable bonds is 2. The molecule has 0 bridgehead atoms. The van der Waals surface area contributed by atoms with Gasteiger partial charge in [-0.05, 0) is 19.8 Å². The lowest BCUT2D eigenvalue weighted by Gasteiger charge is -2.15. The Balaban J connectivity index is 2.64. The van der Waals surface area contributed by atoms with E-state index in [2.05, 4.69) is 10.6 Å². The van der Waals surface area contributed by atoms with Gasteiger partial charge in [0.15, 0.2) is 0 Å². The van der Waals surface area contributed by atoms with Gasteiger partial charge in [-0.15, -0.1) is 0 Å². The lowest BCUT2D eigenvalue weighted by Crippen LogP contribution is -2.38. The van der Waals surface area contributed by atoms with Crippen LogP contribution >= 0.6 is 0 Å². The highest BCUT2D eigenvalue weighted by Gasteiger charge is 2.27. The quantitative estimate of drug-likeness (QED) is 0.565. The van der Waals surface area contributed by atoms with Gasteiger partial charge in [-0.3, -0.25) is 19.2 Å². The van der Waals surface area contributed by atoms with E-state index >= 15 is 0 Å². The molecule has 22 heavy (non-hydrogen) atoms. The summed E-state index contributed by atoms with van der Waals surface area (Å²) >= 11 is 0. The normalized spacial score (nSPS) is 22.2. The fraction of sp³-hybridized carbons (Fsp3) is 0.733. The van der Waals surface area contributed by atoms with Crippen LogP contribution in [0.1, 0.15) is 45.4 Å². The van der Waals surface area contributed by atoms with Gasteiger partial charge in [-0.1, -0.05) is 12.8 Å². The van der Waals surface area contributed by atoms with Crippen LogP contribution in [-0.2, 0) is 23.9 Å². The molecule has 1 aliphatic heterocycles. The molecule has 1 saturated heterocycles. The molecule has 0 aromatic rings. The number of hydrogen-bond acceptors (Lipinski definition) is 5. The summed E-state index contributed by atoms with van der Waals surface area (Å²) in [5, 5.41) is 5.08. The second-order valence-corrected chi connectivity index (χ2v) is 5.25. The Hall–Kier alpha value is -1.92. The van der Waals surface area contributed by atoms with Crippen LogP contribution in [0.4, 0.5) is 0 Å². The molecule has 0 saturated carbocycles. The summed E-state index contributed by atoms with van der Waals surface area (Å²) < 4.78 is 4.95. The van der Waals surface area contributed by atoms with E-state index in [1.165, 1.54) is 0 Å². The summed E-state index contributed by atoms with van der Waals surface area (Å²) in [6.45, 7) is 2.00. The number of carbonyl (C=O) groups is 4. The molecule has 1 aliphatic rings. The van der Waals surface area contributed by atoms with Gasteiger partial charge in [0.2, 0.25) is 11.8 Å². The van der Waals surface area contributed by atoms with E-state index in [9.17, 15) is 19.2 Å². The third-order valence-electron chi connectivity index (χ3n) is 3.50. The number of ketones is 1. The van der Waals surface area contributed by atoms with Crippen LogP contribution in [0.3, 0.4) is 0 Å². The highest BCUT2D eigenvalue weighted by molar-refractivity contribution is 5.99. The van der Waals surface area contributed by atoms with Crippen molar-refractivity contribution in [2.75, 3.05) is 19.7 Å². The maximum Gasteiger partial charge on any atom is 0.316 e. The molecule has 0 aromatic carbocycles. The highest BCUT2D eigenvalue weighted by Crippen LogP contribution is 2.15. The fourth-order valence-electron chi connectivity index (χ4n) is 2.29. The van der Waals surface area contributed by atoms with Crippen LogP contribution < -0.4 is 10.6 Å².